The summed E-state index contributed by atoms with van der Waals surface area (Å²) in [6.45, 7) is 2.47. The van der Waals surface area contributed by atoms with Crippen molar-refractivity contribution >= 4 is 5.78 Å². The zero-order chi connectivity index (χ0) is 14.6. The smallest absolute Gasteiger partial charge is 0.137 e. The Kier molecular flexibility index (Phi) is 3.07. The van der Waals surface area contributed by atoms with Crippen LogP contribution in [0.5, 0.6) is 0 Å². The third kappa shape index (κ3) is 1.88. The first-order valence-corrected chi connectivity index (χ1v) is 8.82. The molecule has 112 valence electrons. The second kappa shape index (κ2) is 4.73. The van der Waals surface area contributed by atoms with Crippen LogP contribution in [0.2, 0.25) is 0 Å². The van der Waals surface area contributed by atoms with E-state index in [9.17, 15) is 4.79 Å². The lowest BCUT2D eigenvalue weighted by Crippen LogP contribution is -2.43. The van der Waals surface area contributed by atoms with Gasteiger partial charge >= 0.3 is 0 Å². The van der Waals surface area contributed by atoms with Crippen LogP contribution in [0.25, 0.3) is 0 Å². The first-order valence-electron chi connectivity index (χ1n) is 8.82. The van der Waals surface area contributed by atoms with Crippen LogP contribution in [0.4, 0.5) is 0 Å². The molecule has 0 aromatic rings. The molecule has 0 bridgehead atoms. The molecule has 1 heteroatoms. The van der Waals surface area contributed by atoms with Crippen LogP contribution in [0, 0.1) is 41.4 Å². The van der Waals surface area contributed by atoms with Gasteiger partial charge < -0.3 is 0 Å². The number of carbonyl (C=O) groups is 1. The Morgan fingerprint density at radius 3 is 2.81 bits per heavy atom. The zero-order valence-electron chi connectivity index (χ0n) is 13.2. The van der Waals surface area contributed by atoms with Crippen LogP contribution in [-0.2, 0) is 4.79 Å². The van der Waals surface area contributed by atoms with E-state index in [1.165, 1.54) is 44.1 Å². The fourth-order valence-electron chi connectivity index (χ4n) is 6.32. The minimum absolute atomic E-state index is 0.401. The van der Waals surface area contributed by atoms with Gasteiger partial charge in [-0.1, -0.05) is 18.1 Å². The number of Topliss-reactive ketones (excluding diaryl/α,β-unsaturated/α-hetero) is 1. The summed E-state index contributed by atoms with van der Waals surface area (Å²) in [5.41, 5.74) is 3.64. The fourth-order valence-corrected chi connectivity index (χ4v) is 6.32. The van der Waals surface area contributed by atoms with Crippen molar-refractivity contribution in [2.24, 2.45) is 29.1 Å². The molecule has 4 rings (SSSR count). The lowest BCUT2D eigenvalue weighted by molar-refractivity contribution is -0.119. The lowest BCUT2D eigenvalue weighted by Gasteiger charge is -2.51. The maximum Gasteiger partial charge on any atom is 0.137 e. The molecule has 0 heterocycles. The van der Waals surface area contributed by atoms with Crippen molar-refractivity contribution in [2.75, 3.05) is 0 Å². The molecule has 2 fully saturated rings. The largest absolute Gasteiger partial charge is 0.299 e. The molecule has 0 aliphatic heterocycles. The number of rotatable bonds is 0. The van der Waals surface area contributed by atoms with Crippen LogP contribution in [0.15, 0.2) is 11.1 Å². The summed E-state index contributed by atoms with van der Waals surface area (Å²) in [5, 5.41) is 0. The standard InChI is InChI=1S/C20H26O/c1-3-14-5-9-19-18-7-4-13-12-15(21)6-8-16(13)17(18)10-11-20(14,19)2/h1,14,17-19H,4-12H2,2H3. The molecule has 4 aliphatic rings. The van der Waals surface area contributed by atoms with Crippen LogP contribution >= 0.6 is 0 Å². The van der Waals surface area contributed by atoms with Crippen molar-refractivity contribution in [3.8, 4) is 12.3 Å². The average molecular weight is 282 g/mol. The highest BCUT2D eigenvalue weighted by molar-refractivity contribution is 5.82. The van der Waals surface area contributed by atoms with Gasteiger partial charge in [0.15, 0.2) is 0 Å². The number of terminal acetylenes is 1. The van der Waals surface area contributed by atoms with Gasteiger partial charge in [-0.2, -0.15) is 0 Å². The number of carbonyl (C=O) groups excluding carboxylic acids is 1. The van der Waals surface area contributed by atoms with Crippen LogP contribution in [0.3, 0.4) is 0 Å². The number of hydrogen-bond acceptors (Lipinski definition) is 1. The van der Waals surface area contributed by atoms with Crippen molar-refractivity contribution in [1.29, 1.82) is 0 Å². The molecule has 0 saturated heterocycles. The van der Waals surface area contributed by atoms with Crippen LogP contribution in [0.1, 0.15) is 64.7 Å². The SMILES string of the molecule is C#CC1CCC2C3CCC4=C(CCC(=O)C4)C3CCC12C. The third-order valence-electron chi connectivity index (χ3n) is 7.40. The molecule has 0 aromatic carbocycles. The summed E-state index contributed by atoms with van der Waals surface area (Å²) < 4.78 is 0. The molecular weight excluding hydrogens is 256 g/mol. The van der Waals surface area contributed by atoms with Gasteiger partial charge in [-0.25, -0.2) is 0 Å². The summed E-state index contributed by atoms with van der Waals surface area (Å²) in [5.74, 6) is 6.57. The van der Waals surface area contributed by atoms with Gasteiger partial charge in [0.05, 0.1) is 0 Å². The number of ketones is 1. The molecule has 0 N–H and O–H groups in total. The van der Waals surface area contributed by atoms with E-state index in [0.717, 1.165) is 37.0 Å². The van der Waals surface area contributed by atoms with E-state index in [0.29, 0.717) is 17.1 Å². The Morgan fingerprint density at radius 2 is 2.00 bits per heavy atom. The Morgan fingerprint density at radius 1 is 1.14 bits per heavy atom. The van der Waals surface area contributed by atoms with Crippen molar-refractivity contribution < 1.29 is 4.79 Å². The van der Waals surface area contributed by atoms with E-state index < -0.39 is 0 Å². The van der Waals surface area contributed by atoms with E-state index in [1.54, 1.807) is 5.57 Å². The molecule has 0 aromatic heterocycles. The van der Waals surface area contributed by atoms with Gasteiger partial charge in [-0.05, 0) is 68.1 Å². The Balaban J connectivity index is 1.65. The highest BCUT2D eigenvalue weighted by Crippen LogP contribution is 2.62. The number of fused-ring (bicyclic) bond motifs is 4. The molecule has 0 radical (unpaired) electrons. The summed E-state index contributed by atoms with van der Waals surface area (Å²) >= 11 is 0. The molecular formula is C20H26O. The van der Waals surface area contributed by atoms with E-state index in [2.05, 4.69) is 12.8 Å². The van der Waals surface area contributed by atoms with Crippen molar-refractivity contribution in [3.63, 3.8) is 0 Å². The molecule has 21 heavy (non-hydrogen) atoms. The number of allylic oxidation sites excluding steroid dienone is 2. The minimum Gasteiger partial charge on any atom is -0.299 e. The Labute approximate surface area is 128 Å². The Bertz CT molecular complexity index is 549. The predicted octanol–water partition coefficient (Wildman–Crippen LogP) is 4.52. The number of hydrogen-bond donors (Lipinski definition) is 0. The van der Waals surface area contributed by atoms with Crippen molar-refractivity contribution in [1.82, 2.24) is 0 Å². The Hall–Kier alpha value is -1.03. The molecule has 1 nitrogen and oxygen atoms in total. The second-order valence-corrected chi connectivity index (χ2v) is 8.10. The average Bonchev–Trinajstić information content (AvgIpc) is 2.83. The maximum absolute atomic E-state index is 11.7. The van der Waals surface area contributed by atoms with Gasteiger partial charge in [-0.15, -0.1) is 12.3 Å². The molecule has 0 amide bonds. The van der Waals surface area contributed by atoms with Gasteiger partial charge in [0.25, 0.3) is 0 Å². The topological polar surface area (TPSA) is 17.1 Å². The van der Waals surface area contributed by atoms with Crippen molar-refractivity contribution in [3.05, 3.63) is 11.1 Å². The van der Waals surface area contributed by atoms with E-state index >= 15 is 0 Å². The van der Waals surface area contributed by atoms with Gasteiger partial charge in [0.2, 0.25) is 0 Å². The van der Waals surface area contributed by atoms with Gasteiger partial charge in [0, 0.05) is 18.8 Å². The molecule has 5 atom stereocenters. The maximum atomic E-state index is 11.7. The van der Waals surface area contributed by atoms with Crippen LogP contribution < -0.4 is 0 Å². The van der Waals surface area contributed by atoms with E-state index in [4.69, 9.17) is 6.42 Å². The molecule has 5 unspecified atom stereocenters. The lowest BCUT2D eigenvalue weighted by atomic mass is 9.53. The normalized spacial score (nSPS) is 45.6. The highest BCUT2D eigenvalue weighted by atomic mass is 16.1. The summed E-state index contributed by atoms with van der Waals surface area (Å²) in [6.07, 6.45) is 16.2. The highest BCUT2D eigenvalue weighted by Gasteiger charge is 2.54. The first kappa shape index (κ1) is 13.6. The van der Waals surface area contributed by atoms with Gasteiger partial charge in [-0.3, -0.25) is 4.79 Å². The summed E-state index contributed by atoms with van der Waals surface area (Å²) in [7, 11) is 0. The molecule has 2 saturated carbocycles. The summed E-state index contributed by atoms with van der Waals surface area (Å²) in [4.78, 5) is 11.7. The first-order chi connectivity index (χ1) is 10.1. The monoisotopic (exact) mass is 282 g/mol. The zero-order valence-corrected chi connectivity index (χ0v) is 13.2. The third-order valence-corrected chi connectivity index (χ3v) is 7.40. The van der Waals surface area contributed by atoms with Crippen LogP contribution in [-0.4, -0.2) is 5.78 Å². The fraction of sp³-hybridized carbons (Fsp3) is 0.750. The van der Waals surface area contributed by atoms with Gasteiger partial charge in [0.1, 0.15) is 5.78 Å². The quantitative estimate of drug-likeness (QED) is 0.471. The van der Waals surface area contributed by atoms with E-state index in [-0.39, 0.29) is 0 Å². The molecule has 0 spiro atoms. The van der Waals surface area contributed by atoms with Crippen molar-refractivity contribution in [2.45, 2.75) is 64.7 Å². The molecule has 4 aliphatic carbocycles. The minimum atomic E-state index is 0.401. The predicted molar refractivity (Wildman–Crippen MR) is 84.5 cm³/mol. The second-order valence-electron chi connectivity index (χ2n) is 8.10. The summed E-state index contributed by atoms with van der Waals surface area (Å²) in [6, 6.07) is 0. The van der Waals surface area contributed by atoms with E-state index in [1.807, 2.05) is 0 Å².